The molecule has 0 unspecified atom stereocenters. The van der Waals surface area contributed by atoms with Crippen LogP contribution >= 0.6 is 0 Å². The zero-order valence-electron chi connectivity index (χ0n) is 11.4. The van der Waals surface area contributed by atoms with Crippen molar-refractivity contribution >= 4 is 11.5 Å². The Morgan fingerprint density at radius 3 is 2.79 bits per heavy atom. The fraction of sp³-hybridized carbons (Fsp3) is 0.583. The van der Waals surface area contributed by atoms with Gasteiger partial charge in [0.15, 0.2) is 0 Å². The van der Waals surface area contributed by atoms with Gasteiger partial charge in [-0.15, -0.1) is 6.58 Å². The first-order valence-corrected chi connectivity index (χ1v) is 6.23. The highest BCUT2D eigenvalue weighted by Gasteiger charge is 2.29. The molecule has 0 aliphatic rings. The Morgan fingerprint density at radius 1 is 1.63 bits per heavy atom. The van der Waals surface area contributed by atoms with E-state index < -0.39 is 4.92 Å². The van der Waals surface area contributed by atoms with Crippen molar-refractivity contribution in [1.82, 2.24) is 9.78 Å². The Balaban J connectivity index is 3.29. The largest absolute Gasteiger partial charge is 0.395 e. The van der Waals surface area contributed by atoms with Crippen molar-refractivity contribution < 1.29 is 10.0 Å². The van der Waals surface area contributed by atoms with Gasteiger partial charge in [0.25, 0.3) is 0 Å². The normalized spacial score (nSPS) is 10.5. The van der Waals surface area contributed by atoms with Gasteiger partial charge >= 0.3 is 5.69 Å². The third kappa shape index (κ3) is 3.31. The predicted octanol–water partition coefficient (Wildman–Crippen LogP) is 1.27. The van der Waals surface area contributed by atoms with Crippen LogP contribution in [0.1, 0.15) is 19.0 Å². The lowest BCUT2D eigenvalue weighted by Gasteiger charge is -2.20. The minimum absolute atomic E-state index is 0.0275. The summed E-state index contributed by atoms with van der Waals surface area (Å²) in [5.74, 6) is 0.419. The molecule has 0 aliphatic carbocycles. The van der Waals surface area contributed by atoms with Gasteiger partial charge in [-0.2, -0.15) is 5.10 Å². The number of aromatic nitrogens is 2. The number of nitrogens with zero attached hydrogens (tertiary/aromatic N) is 4. The molecule has 0 amide bonds. The first-order chi connectivity index (χ1) is 9.06. The zero-order chi connectivity index (χ0) is 14.4. The highest BCUT2D eigenvalue weighted by Crippen LogP contribution is 2.32. The maximum absolute atomic E-state index is 11.3. The van der Waals surface area contributed by atoms with Crippen LogP contribution in [0.4, 0.5) is 11.5 Å². The Hall–Kier alpha value is -1.89. The van der Waals surface area contributed by atoms with Gasteiger partial charge in [-0.3, -0.25) is 10.1 Å². The first-order valence-electron chi connectivity index (χ1n) is 6.23. The van der Waals surface area contributed by atoms with Crippen molar-refractivity contribution in [2.24, 2.45) is 7.05 Å². The molecule has 0 fully saturated rings. The second-order valence-corrected chi connectivity index (χ2v) is 4.21. The molecular formula is C12H20N4O3. The second-order valence-electron chi connectivity index (χ2n) is 4.21. The van der Waals surface area contributed by atoms with Crippen LogP contribution in [0.3, 0.4) is 0 Å². The van der Waals surface area contributed by atoms with Crippen molar-refractivity contribution in [3.05, 3.63) is 28.5 Å². The average molecular weight is 268 g/mol. The summed E-state index contributed by atoms with van der Waals surface area (Å²) in [6, 6.07) is 0. The fourth-order valence-electron chi connectivity index (χ4n) is 2.06. The van der Waals surface area contributed by atoms with Gasteiger partial charge in [0.2, 0.25) is 5.82 Å². The molecule has 0 aliphatic heterocycles. The average Bonchev–Trinajstić information content (AvgIpc) is 2.66. The molecule has 0 bridgehead atoms. The maximum Gasteiger partial charge on any atom is 0.334 e. The summed E-state index contributed by atoms with van der Waals surface area (Å²) in [6.45, 7) is 6.23. The molecule has 19 heavy (non-hydrogen) atoms. The van der Waals surface area contributed by atoms with Gasteiger partial charge in [0.05, 0.1) is 11.5 Å². The summed E-state index contributed by atoms with van der Waals surface area (Å²) < 4.78 is 1.50. The van der Waals surface area contributed by atoms with E-state index in [1.54, 1.807) is 18.0 Å². The molecule has 0 atom stereocenters. The van der Waals surface area contributed by atoms with Crippen LogP contribution in [0.25, 0.3) is 0 Å². The molecule has 1 aromatic rings. The third-order valence-corrected chi connectivity index (χ3v) is 2.75. The molecule has 1 aromatic heterocycles. The van der Waals surface area contributed by atoms with Crippen molar-refractivity contribution in [1.29, 1.82) is 0 Å². The van der Waals surface area contributed by atoms with E-state index >= 15 is 0 Å². The molecule has 0 aromatic carbocycles. The van der Waals surface area contributed by atoms with E-state index in [0.717, 1.165) is 6.42 Å². The summed E-state index contributed by atoms with van der Waals surface area (Å²) in [4.78, 5) is 12.6. The number of rotatable bonds is 8. The van der Waals surface area contributed by atoms with E-state index in [9.17, 15) is 10.1 Å². The summed E-state index contributed by atoms with van der Waals surface area (Å²) in [6.07, 6.45) is 3.00. The van der Waals surface area contributed by atoms with E-state index in [2.05, 4.69) is 11.7 Å². The summed E-state index contributed by atoms with van der Waals surface area (Å²) in [7, 11) is 1.68. The predicted molar refractivity (Wildman–Crippen MR) is 73.4 cm³/mol. The lowest BCUT2D eigenvalue weighted by atomic mass is 10.2. The molecular weight excluding hydrogens is 248 g/mol. The quantitative estimate of drug-likeness (QED) is 0.436. The third-order valence-electron chi connectivity index (χ3n) is 2.75. The van der Waals surface area contributed by atoms with E-state index in [4.69, 9.17) is 5.11 Å². The zero-order valence-corrected chi connectivity index (χ0v) is 11.4. The van der Waals surface area contributed by atoms with Crippen molar-refractivity contribution in [3.63, 3.8) is 0 Å². The molecule has 7 nitrogen and oxygen atoms in total. The second kappa shape index (κ2) is 6.89. The molecule has 106 valence electrons. The number of aliphatic hydroxyl groups excluding tert-OH is 1. The first kappa shape index (κ1) is 15.2. The van der Waals surface area contributed by atoms with Crippen LogP contribution in [-0.4, -0.2) is 39.5 Å². The number of hydrogen-bond acceptors (Lipinski definition) is 5. The minimum Gasteiger partial charge on any atom is -0.395 e. The van der Waals surface area contributed by atoms with E-state index in [1.807, 2.05) is 6.92 Å². The molecule has 0 saturated heterocycles. The van der Waals surface area contributed by atoms with Gasteiger partial charge < -0.3 is 10.0 Å². The van der Waals surface area contributed by atoms with E-state index in [-0.39, 0.29) is 12.3 Å². The Kier molecular flexibility index (Phi) is 5.50. The van der Waals surface area contributed by atoms with Gasteiger partial charge in [-0.1, -0.05) is 19.4 Å². The Morgan fingerprint density at radius 2 is 2.32 bits per heavy atom. The molecule has 0 spiro atoms. The topological polar surface area (TPSA) is 84.4 Å². The number of anilines is 1. The number of hydrogen-bond donors (Lipinski definition) is 1. The molecule has 0 saturated carbocycles. The van der Waals surface area contributed by atoms with Crippen LogP contribution < -0.4 is 4.90 Å². The van der Waals surface area contributed by atoms with Crippen LogP contribution in [0.5, 0.6) is 0 Å². The van der Waals surface area contributed by atoms with Crippen LogP contribution in [0, 0.1) is 10.1 Å². The van der Waals surface area contributed by atoms with Gasteiger partial charge in [-0.25, -0.2) is 4.68 Å². The molecule has 0 radical (unpaired) electrons. The van der Waals surface area contributed by atoms with Crippen LogP contribution in [-0.2, 0) is 13.5 Å². The molecule has 1 N–H and O–H groups in total. The Bertz CT molecular complexity index is 456. The van der Waals surface area contributed by atoms with Gasteiger partial charge in [-0.05, 0) is 6.42 Å². The van der Waals surface area contributed by atoms with Crippen LogP contribution in [0.15, 0.2) is 12.7 Å². The summed E-state index contributed by atoms with van der Waals surface area (Å²) in [5.41, 5.74) is 0.511. The Labute approximate surface area is 112 Å². The SMILES string of the molecule is C=CCN(CCO)c1c([N+](=O)[O-])c(CCC)nn1C. The van der Waals surface area contributed by atoms with E-state index in [0.29, 0.717) is 31.0 Å². The van der Waals surface area contributed by atoms with E-state index in [1.165, 1.54) is 4.68 Å². The standard InChI is InChI=1S/C12H20N4O3/c1-4-6-10-11(16(18)19)12(14(3)13-10)15(7-5-2)8-9-17/h5,17H,2,4,6-9H2,1,3H3. The van der Waals surface area contributed by atoms with Crippen molar-refractivity contribution in [2.75, 3.05) is 24.6 Å². The van der Waals surface area contributed by atoms with Gasteiger partial charge in [0.1, 0.15) is 5.69 Å². The monoisotopic (exact) mass is 268 g/mol. The molecule has 7 heteroatoms. The smallest absolute Gasteiger partial charge is 0.334 e. The maximum atomic E-state index is 11.3. The highest BCUT2D eigenvalue weighted by molar-refractivity contribution is 5.62. The lowest BCUT2D eigenvalue weighted by molar-refractivity contribution is -0.384. The number of aryl methyl sites for hydroxylation is 2. The van der Waals surface area contributed by atoms with Crippen LogP contribution in [0.2, 0.25) is 0 Å². The lowest BCUT2D eigenvalue weighted by Crippen LogP contribution is -2.29. The summed E-state index contributed by atoms with van der Waals surface area (Å²) in [5, 5.41) is 24.6. The van der Waals surface area contributed by atoms with Gasteiger partial charge in [0, 0.05) is 20.1 Å². The summed E-state index contributed by atoms with van der Waals surface area (Å²) >= 11 is 0. The molecule has 1 heterocycles. The minimum atomic E-state index is -0.402. The van der Waals surface area contributed by atoms with Crippen molar-refractivity contribution in [2.45, 2.75) is 19.8 Å². The molecule has 1 rings (SSSR count). The highest BCUT2D eigenvalue weighted by atomic mass is 16.6. The number of aliphatic hydroxyl groups is 1. The number of nitro groups is 1. The van der Waals surface area contributed by atoms with Crippen molar-refractivity contribution in [3.8, 4) is 0 Å². The fourth-order valence-corrected chi connectivity index (χ4v) is 2.06.